The summed E-state index contributed by atoms with van der Waals surface area (Å²) in [5.41, 5.74) is -1.06. The maximum atomic E-state index is 12.5. The van der Waals surface area contributed by atoms with E-state index in [1.807, 2.05) is 32.6 Å². The van der Waals surface area contributed by atoms with E-state index in [-0.39, 0.29) is 24.7 Å². The lowest BCUT2D eigenvalue weighted by Gasteiger charge is -2.60. The Bertz CT molecular complexity index is 382. The number of hydrogen-bond acceptors (Lipinski definition) is 5. The van der Waals surface area contributed by atoms with Crippen molar-refractivity contribution >= 4 is 5.91 Å². The average molecular weight is 301 g/mol. The van der Waals surface area contributed by atoms with E-state index in [2.05, 4.69) is 0 Å². The van der Waals surface area contributed by atoms with Crippen molar-refractivity contribution in [1.82, 2.24) is 4.90 Å². The first-order valence-corrected chi connectivity index (χ1v) is 7.49. The van der Waals surface area contributed by atoms with Crippen LogP contribution in [-0.4, -0.2) is 61.9 Å². The van der Waals surface area contributed by atoms with Gasteiger partial charge < -0.3 is 23.8 Å². The average Bonchev–Trinajstić information content (AvgIpc) is 2.35. The predicted octanol–water partition coefficient (Wildman–Crippen LogP) is 1.39. The lowest BCUT2D eigenvalue weighted by molar-refractivity contribution is -0.259. The molecule has 6 heteroatoms. The zero-order chi connectivity index (χ0) is 15.7. The Morgan fingerprint density at radius 2 is 2.10 bits per heavy atom. The number of nitrogens with zero attached hydrogens (tertiary/aromatic N) is 1. The molecule has 0 aliphatic carbocycles. The van der Waals surface area contributed by atoms with Crippen molar-refractivity contribution in [2.45, 2.75) is 51.5 Å². The van der Waals surface area contributed by atoms with Crippen LogP contribution in [0.4, 0.5) is 0 Å². The normalized spacial score (nSPS) is 28.2. The Morgan fingerprint density at radius 1 is 1.38 bits per heavy atom. The lowest BCUT2D eigenvalue weighted by Crippen LogP contribution is -2.75. The summed E-state index contributed by atoms with van der Waals surface area (Å²) in [6.07, 6.45) is 0.858. The van der Waals surface area contributed by atoms with Gasteiger partial charge in [-0.1, -0.05) is 0 Å². The fraction of sp³-hybridized carbons (Fsp3) is 0.933. The van der Waals surface area contributed by atoms with Crippen LogP contribution >= 0.6 is 0 Å². The van der Waals surface area contributed by atoms with Crippen molar-refractivity contribution in [3.8, 4) is 0 Å². The maximum Gasteiger partial charge on any atom is 0.233 e. The largest absolute Gasteiger partial charge is 0.382 e. The summed E-state index contributed by atoms with van der Waals surface area (Å²) in [6.45, 7) is 9.66. The Labute approximate surface area is 126 Å². The first-order valence-electron chi connectivity index (χ1n) is 7.49. The van der Waals surface area contributed by atoms with E-state index in [1.165, 1.54) is 0 Å². The van der Waals surface area contributed by atoms with Crippen LogP contribution in [0.2, 0.25) is 0 Å². The number of carbonyl (C=O) groups excluding carboxylic acids is 1. The second-order valence-electron chi connectivity index (χ2n) is 6.60. The highest BCUT2D eigenvalue weighted by molar-refractivity contribution is 5.88. The third-order valence-electron chi connectivity index (χ3n) is 4.36. The zero-order valence-electron chi connectivity index (χ0n) is 13.7. The van der Waals surface area contributed by atoms with E-state index in [1.54, 1.807) is 7.11 Å². The molecule has 122 valence electrons. The van der Waals surface area contributed by atoms with Crippen LogP contribution in [0.5, 0.6) is 0 Å². The van der Waals surface area contributed by atoms with Gasteiger partial charge >= 0.3 is 0 Å². The molecule has 21 heavy (non-hydrogen) atoms. The van der Waals surface area contributed by atoms with Gasteiger partial charge in [-0.2, -0.15) is 0 Å². The zero-order valence-corrected chi connectivity index (χ0v) is 13.7. The highest BCUT2D eigenvalue weighted by Crippen LogP contribution is 2.45. The molecule has 0 aromatic rings. The molecule has 2 saturated heterocycles. The molecule has 2 heterocycles. The molecule has 0 N–H and O–H groups in total. The maximum absolute atomic E-state index is 12.5. The summed E-state index contributed by atoms with van der Waals surface area (Å²) in [6, 6.07) is 0.190. The molecule has 0 aromatic heterocycles. The Kier molecular flexibility index (Phi) is 4.92. The van der Waals surface area contributed by atoms with Crippen LogP contribution < -0.4 is 0 Å². The highest BCUT2D eigenvalue weighted by atomic mass is 16.7. The van der Waals surface area contributed by atoms with Crippen molar-refractivity contribution in [3.63, 3.8) is 0 Å². The molecule has 0 spiro atoms. The number of rotatable bonds is 7. The monoisotopic (exact) mass is 301 g/mol. The number of fused-ring (bicyclic) bond motifs is 1. The topological polar surface area (TPSA) is 57.2 Å². The summed E-state index contributed by atoms with van der Waals surface area (Å²) in [5, 5.41) is 0. The summed E-state index contributed by atoms with van der Waals surface area (Å²) < 4.78 is 21.7. The van der Waals surface area contributed by atoms with E-state index in [9.17, 15) is 4.79 Å². The second kappa shape index (κ2) is 6.20. The Morgan fingerprint density at radius 3 is 2.76 bits per heavy atom. The minimum atomic E-state index is -0.543. The van der Waals surface area contributed by atoms with Gasteiger partial charge in [0.2, 0.25) is 5.91 Å². The third-order valence-corrected chi connectivity index (χ3v) is 4.36. The van der Waals surface area contributed by atoms with Crippen LogP contribution in [0.1, 0.15) is 34.1 Å². The molecular weight excluding hydrogens is 274 g/mol. The number of carbonyl (C=O) groups is 1. The molecule has 1 amide bonds. The van der Waals surface area contributed by atoms with Gasteiger partial charge in [0.25, 0.3) is 0 Å². The quantitative estimate of drug-likeness (QED) is 0.404. The fourth-order valence-corrected chi connectivity index (χ4v) is 3.25. The minimum absolute atomic E-state index is 0.103. The minimum Gasteiger partial charge on any atom is -0.382 e. The summed E-state index contributed by atoms with van der Waals surface area (Å²) in [5.74, 6) is -0.0294. The number of amides is 1. The van der Waals surface area contributed by atoms with Crippen LogP contribution in [0.25, 0.3) is 0 Å². The number of methoxy groups -OCH3 is 1. The highest BCUT2D eigenvalue weighted by Gasteiger charge is 2.60. The standard InChI is InChI=1S/C15H27NO5/c1-14(2,21-10-19-9-8-18-5)12-11-6-7-20-15(3,4)16(11)13(12)17/h11-12H,6-10H2,1-5H3/t11-,12-/m0/s1. The lowest BCUT2D eigenvalue weighted by atomic mass is 9.72. The van der Waals surface area contributed by atoms with Gasteiger partial charge in [0.1, 0.15) is 12.5 Å². The molecule has 2 fully saturated rings. The molecule has 2 aliphatic heterocycles. The molecule has 0 saturated carbocycles. The van der Waals surface area contributed by atoms with Crippen molar-refractivity contribution in [2.24, 2.45) is 5.92 Å². The number of β-lactam (4-membered cyclic amide) rings is 1. The first-order chi connectivity index (χ1) is 9.81. The molecular formula is C15H27NO5. The van der Waals surface area contributed by atoms with E-state index in [0.29, 0.717) is 19.8 Å². The van der Waals surface area contributed by atoms with E-state index in [0.717, 1.165) is 6.42 Å². The van der Waals surface area contributed by atoms with Crippen LogP contribution in [0.15, 0.2) is 0 Å². The number of ether oxygens (including phenoxy) is 4. The van der Waals surface area contributed by atoms with Gasteiger partial charge in [0.15, 0.2) is 0 Å². The molecule has 0 aromatic carbocycles. The van der Waals surface area contributed by atoms with Gasteiger partial charge in [0.05, 0.1) is 37.4 Å². The van der Waals surface area contributed by atoms with Crippen molar-refractivity contribution in [2.75, 3.05) is 33.7 Å². The SMILES string of the molecule is COCCOCOC(C)(C)[C@@H]1C(=O)N2[C@H]1CCOC2(C)C. The summed E-state index contributed by atoms with van der Waals surface area (Å²) in [7, 11) is 1.63. The van der Waals surface area contributed by atoms with E-state index in [4.69, 9.17) is 18.9 Å². The van der Waals surface area contributed by atoms with Gasteiger partial charge in [0, 0.05) is 7.11 Å². The van der Waals surface area contributed by atoms with Gasteiger partial charge in [-0.05, 0) is 34.1 Å². The fourth-order valence-electron chi connectivity index (χ4n) is 3.25. The van der Waals surface area contributed by atoms with Crippen LogP contribution in [-0.2, 0) is 23.7 Å². The number of hydrogen-bond donors (Lipinski definition) is 0. The first kappa shape index (κ1) is 16.7. The predicted molar refractivity (Wildman–Crippen MR) is 76.6 cm³/mol. The molecule has 2 aliphatic rings. The smallest absolute Gasteiger partial charge is 0.233 e. The van der Waals surface area contributed by atoms with Crippen LogP contribution in [0, 0.1) is 5.92 Å². The van der Waals surface area contributed by atoms with Crippen LogP contribution in [0.3, 0.4) is 0 Å². The molecule has 0 radical (unpaired) electrons. The Balaban J connectivity index is 1.90. The van der Waals surface area contributed by atoms with Crippen molar-refractivity contribution in [1.29, 1.82) is 0 Å². The molecule has 0 unspecified atom stereocenters. The molecule has 2 atom stereocenters. The van der Waals surface area contributed by atoms with Gasteiger partial charge in [-0.3, -0.25) is 4.79 Å². The Hall–Kier alpha value is -0.690. The van der Waals surface area contributed by atoms with Crippen molar-refractivity contribution in [3.05, 3.63) is 0 Å². The third kappa shape index (κ3) is 3.23. The van der Waals surface area contributed by atoms with Crippen molar-refractivity contribution < 1.29 is 23.7 Å². The summed E-state index contributed by atoms with van der Waals surface area (Å²) >= 11 is 0. The van der Waals surface area contributed by atoms with E-state index >= 15 is 0 Å². The van der Waals surface area contributed by atoms with Gasteiger partial charge in [-0.25, -0.2) is 0 Å². The van der Waals surface area contributed by atoms with Gasteiger partial charge in [-0.15, -0.1) is 0 Å². The summed E-state index contributed by atoms with van der Waals surface area (Å²) in [4.78, 5) is 14.3. The molecule has 6 nitrogen and oxygen atoms in total. The second-order valence-corrected chi connectivity index (χ2v) is 6.60. The molecule has 2 rings (SSSR count). The van der Waals surface area contributed by atoms with E-state index < -0.39 is 11.3 Å². The molecule has 0 bridgehead atoms.